The molecule has 0 N–H and O–H groups in total. The van der Waals surface area contributed by atoms with E-state index in [2.05, 4.69) is 18.2 Å². The maximum atomic E-state index is 12.6. The molecule has 3 nitrogen and oxygen atoms in total. The van der Waals surface area contributed by atoms with Crippen molar-refractivity contribution in [1.29, 1.82) is 0 Å². The van der Waals surface area contributed by atoms with Gasteiger partial charge in [-0.3, -0.25) is 4.79 Å². The van der Waals surface area contributed by atoms with Crippen LogP contribution < -0.4 is 9.64 Å². The molecule has 0 unspecified atom stereocenters. The van der Waals surface area contributed by atoms with E-state index in [9.17, 15) is 4.79 Å². The predicted molar refractivity (Wildman–Crippen MR) is 104 cm³/mol. The number of ether oxygens (including phenoxy) is 1. The van der Waals surface area contributed by atoms with Crippen LogP contribution in [0, 0.1) is 0 Å². The molecule has 0 saturated heterocycles. The van der Waals surface area contributed by atoms with Gasteiger partial charge in [0.2, 0.25) is 0 Å². The fourth-order valence-electron chi connectivity index (χ4n) is 3.39. The van der Waals surface area contributed by atoms with Gasteiger partial charge < -0.3 is 9.64 Å². The van der Waals surface area contributed by atoms with Crippen LogP contribution >= 0.6 is 0 Å². The molecule has 1 amide bonds. The van der Waals surface area contributed by atoms with Gasteiger partial charge in [-0.1, -0.05) is 60.7 Å². The fourth-order valence-corrected chi connectivity index (χ4v) is 3.39. The molecule has 0 spiro atoms. The fraction of sp³-hybridized carbons (Fsp3) is 0.174. The van der Waals surface area contributed by atoms with E-state index >= 15 is 0 Å². The monoisotopic (exact) mass is 343 g/mol. The van der Waals surface area contributed by atoms with E-state index in [4.69, 9.17) is 4.74 Å². The zero-order valence-corrected chi connectivity index (χ0v) is 14.6. The number of carbonyl (C=O) groups is 1. The molecule has 0 bridgehead atoms. The molecule has 1 heterocycles. The topological polar surface area (TPSA) is 29.5 Å². The van der Waals surface area contributed by atoms with E-state index in [-0.39, 0.29) is 12.5 Å². The largest absolute Gasteiger partial charge is 0.484 e. The van der Waals surface area contributed by atoms with Gasteiger partial charge in [-0.2, -0.15) is 0 Å². The number of hydrogen-bond donors (Lipinski definition) is 0. The van der Waals surface area contributed by atoms with Crippen molar-refractivity contribution >= 4 is 11.6 Å². The van der Waals surface area contributed by atoms with Crippen LogP contribution in [-0.2, 0) is 11.2 Å². The Kier molecular flexibility index (Phi) is 4.69. The Morgan fingerprint density at radius 2 is 1.54 bits per heavy atom. The summed E-state index contributed by atoms with van der Waals surface area (Å²) in [5.41, 5.74) is 4.56. The number of fused-ring (bicyclic) bond motifs is 1. The first kappa shape index (κ1) is 16.4. The third-order valence-electron chi connectivity index (χ3n) is 4.74. The lowest BCUT2D eigenvalue weighted by molar-refractivity contribution is -0.120. The molecule has 3 aromatic rings. The molecule has 0 fully saturated rings. The normalized spacial score (nSPS) is 13.2. The Morgan fingerprint density at radius 1 is 0.846 bits per heavy atom. The van der Waals surface area contributed by atoms with Crippen LogP contribution in [0.3, 0.4) is 0 Å². The number of anilines is 1. The molecular weight excluding hydrogens is 322 g/mol. The lowest BCUT2D eigenvalue weighted by Crippen LogP contribution is -2.38. The minimum atomic E-state index is 0.00397. The van der Waals surface area contributed by atoms with Crippen molar-refractivity contribution in [2.45, 2.75) is 12.8 Å². The minimum Gasteiger partial charge on any atom is -0.484 e. The predicted octanol–water partition coefficient (Wildman–Crippen LogP) is 4.71. The van der Waals surface area contributed by atoms with Crippen LogP contribution in [0.5, 0.6) is 5.75 Å². The van der Waals surface area contributed by atoms with Crippen LogP contribution in [-0.4, -0.2) is 19.1 Å². The number of benzene rings is 3. The molecule has 1 aliphatic rings. The summed E-state index contributed by atoms with van der Waals surface area (Å²) in [5.74, 6) is 0.715. The summed E-state index contributed by atoms with van der Waals surface area (Å²) in [5, 5.41) is 0. The molecule has 4 rings (SSSR count). The van der Waals surface area contributed by atoms with Crippen molar-refractivity contribution in [3.63, 3.8) is 0 Å². The lowest BCUT2D eigenvalue weighted by atomic mass is 10.0. The quantitative estimate of drug-likeness (QED) is 0.686. The number of rotatable bonds is 4. The highest BCUT2D eigenvalue weighted by Crippen LogP contribution is 2.27. The second kappa shape index (κ2) is 7.44. The Bertz CT molecular complexity index is 888. The number of amides is 1. The third-order valence-corrected chi connectivity index (χ3v) is 4.74. The molecule has 0 radical (unpaired) electrons. The van der Waals surface area contributed by atoms with Crippen molar-refractivity contribution in [2.75, 3.05) is 18.1 Å². The smallest absolute Gasteiger partial charge is 0.264 e. The van der Waals surface area contributed by atoms with Gasteiger partial charge in [0.05, 0.1) is 0 Å². The van der Waals surface area contributed by atoms with Gasteiger partial charge >= 0.3 is 0 Å². The average Bonchev–Trinajstić information content (AvgIpc) is 2.72. The van der Waals surface area contributed by atoms with Crippen molar-refractivity contribution < 1.29 is 9.53 Å². The van der Waals surface area contributed by atoms with Gasteiger partial charge in [-0.15, -0.1) is 0 Å². The highest BCUT2D eigenvalue weighted by atomic mass is 16.5. The maximum Gasteiger partial charge on any atom is 0.264 e. The van der Waals surface area contributed by atoms with Crippen molar-refractivity contribution in [3.8, 4) is 16.9 Å². The molecule has 1 aliphatic heterocycles. The highest BCUT2D eigenvalue weighted by Gasteiger charge is 2.22. The summed E-state index contributed by atoms with van der Waals surface area (Å²) in [7, 11) is 0. The summed E-state index contributed by atoms with van der Waals surface area (Å²) < 4.78 is 5.74. The average molecular weight is 343 g/mol. The number of para-hydroxylation sites is 1. The zero-order valence-electron chi connectivity index (χ0n) is 14.6. The highest BCUT2D eigenvalue weighted by molar-refractivity contribution is 5.95. The number of aryl methyl sites for hydroxylation is 1. The summed E-state index contributed by atoms with van der Waals surface area (Å²) in [6.07, 6.45) is 2.02. The zero-order chi connectivity index (χ0) is 17.8. The standard InChI is InChI=1S/C23H21NO2/c25-23(24-16-6-10-20-9-4-5-11-22(20)24)17-26-21-14-12-19(13-15-21)18-7-2-1-3-8-18/h1-5,7-9,11-15H,6,10,16-17H2. The summed E-state index contributed by atoms with van der Waals surface area (Å²) in [6.45, 7) is 0.811. The molecule has 0 atom stereocenters. The van der Waals surface area contributed by atoms with E-state index in [0.717, 1.165) is 30.6 Å². The molecule has 0 aromatic heterocycles. The van der Waals surface area contributed by atoms with Crippen molar-refractivity contribution in [3.05, 3.63) is 84.4 Å². The van der Waals surface area contributed by atoms with Crippen LogP contribution in [0.4, 0.5) is 5.69 Å². The van der Waals surface area contributed by atoms with Crippen LogP contribution in [0.25, 0.3) is 11.1 Å². The van der Waals surface area contributed by atoms with Gasteiger partial charge in [0.25, 0.3) is 5.91 Å². The van der Waals surface area contributed by atoms with Gasteiger partial charge in [0.1, 0.15) is 5.75 Å². The van der Waals surface area contributed by atoms with E-state index in [1.165, 1.54) is 11.1 Å². The van der Waals surface area contributed by atoms with E-state index in [0.29, 0.717) is 5.75 Å². The SMILES string of the molecule is O=C(COc1ccc(-c2ccccc2)cc1)N1CCCc2ccccc21. The molecule has 0 aliphatic carbocycles. The first-order chi connectivity index (χ1) is 12.8. The first-order valence-corrected chi connectivity index (χ1v) is 8.98. The summed E-state index contributed by atoms with van der Waals surface area (Å²) in [4.78, 5) is 14.5. The summed E-state index contributed by atoms with van der Waals surface area (Å²) >= 11 is 0. The number of carbonyl (C=O) groups excluding carboxylic acids is 1. The van der Waals surface area contributed by atoms with E-state index < -0.39 is 0 Å². The molecule has 26 heavy (non-hydrogen) atoms. The second-order valence-corrected chi connectivity index (χ2v) is 6.46. The Morgan fingerprint density at radius 3 is 2.35 bits per heavy atom. The molecule has 0 saturated carbocycles. The Balaban J connectivity index is 1.41. The van der Waals surface area contributed by atoms with Gasteiger partial charge in [-0.25, -0.2) is 0 Å². The third kappa shape index (κ3) is 3.47. The summed E-state index contributed by atoms with van der Waals surface area (Å²) in [6, 6.07) is 26.2. The van der Waals surface area contributed by atoms with Gasteiger partial charge in [-0.05, 0) is 47.7 Å². The van der Waals surface area contributed by atoms with Crippen molar-refractivity contribution in [2.24, 2.45) is 0 Å². The van der Waals surface area contributed by atoms with Crippen LogP contribution in [0.2, 0.25) is 0 Å². The Hall–Kier alpha value is -3.07. The molecule has 3 heteroatoms. The Labute approximate surface area is 153 Å². The van der Waals surface area contributed by atoms with Crippen LogP contribution in [0.15, 0.2) is 78.9 Å². The van der Waals surface area contributed by atoms with E-state index in [1.54, 1.807) is 0 Å². The molecule has 3 aromatic carbocycles. The minimum absolute atomic E-state index is 0.00397. The molecular formula is C23H21NO2. The van der Waals surface area contributed by atoms with Crippen molar-refractivity contribution in [1.82, 2.24) is 0 Å². The second-order valence-electron chi connectivity index (χ2n) is 6.46. The maximum absolute atomic E-state index is 12.6. The van der Waals surface area contributed by atoms with Gasteiger partial charge in [0, 0.05) is 12.2 Å². The van der Waals surface area contributed by atoms with Gasteiger partial charge in [0.15, 0.2) is 6.61 Å². The lowest BCUT2D eigenvalue weighted by Gasteiger charge is -2.29. The van der Waals surface area contributed by atoms with E-state index in [1.807, 2.05) is 65.6 Å². The van der Waals surface area contributed by atoms with Crippen LogP contribution in [0.1, 0.15) is 12.0 Å². The number of nitrogens with zero attached hydrogens (tertiary/aromatic N) is 1. The molecule has 130 valence electrons. The first-order valence-electron chi connectivity index (χ1n) is 8.98. The number of hydrogen-bond acceptors (Lipinski definition) is 2.